The number of aromatic hydroxyl groups is 1. The van der Waals surface area contributed by atoms with E-state index >= 15 is 0 Å². The van der Waals surface area contributed by atoms with Crippen molar-refractivity contribution in [2.24, 2.45) is 4.99 Å². The summed E-state index contributed by atoms with van der Waals surface area (Å²) in [7, 11) is 2.16. The lowest BCUT2D eigenvalue weighted by Gasteiger charge is -2.32. The highest BCUT2D eigenvalue weighted by Crippen LogP contribution is 2.33. The number of carbonyl (C=O) groups is 1. The van der Waals surface area contributed by atoms with Crippen molar-refractivity contribution in [3.05, 3.63) is 93.5 Å². The van der Waals surface area contributed by atoms with E-state index in [1.165, 1.54) is 5.56 Å². The van der Waals surface area contributed by atoms with Gasteiger partial charge in [-0.2, -0.15) is 0 Å². The number of likely N-dealkylation sites (N-methyl/N-ethyl adjacent to an activating group) is 1. The fourth-order valence-corrected chi connectivity index (χ4v) is 5.22. The van der Waals surface area contributed by atoms with Crippen LogP contribution in [-0.4, -0.2) is 69.9 Å². The molecular weight excluding hydrogens is 544 g/mol. The summed E-state index contributed by atoms with van der Waals surface area (Å²) in [6.07, 6.45) is 0.474. The molecule has 0 spiro atoms. The molecule has 1 fully saturated rings. The van der Waals surface area contributed by atoms with Crippen LogP contribution in [0.1, 0.15) is 28.7 Å². The second-order valence-electron chi connectivity index (χ2n) is 9.84. The number of aliphatic imine (C=N–C) groups is 1. The van der Waals surface area contributed by atoms with Crippen molar-refractivity contribution in [3.63, 3.8) is 0 Å². The third kappa shape index (κ3) is 6.15. The van der Waals surface area contributed by atoms with Crippen LogP contribution in [-0.2, 0) is 17.8 Å². The molecule has 38 heavy (non-hydrogen) atoms. The normalized spacial score (nSPS) is 15.3. The van der Waals surface area contributed by atoms with Crippen LogP contribution in [0.25, 0.3) is 10.9 Å². The number of carboxylic acids is 1. The van der Waals surface area contributed by atoms with Crippen molar-refractivity contribution >= 4 is 44.2 Å². The molecule has 0 amide bonds. The molecule has 0 radical (unpaired) electrons. The SMILES string of the molecule is CN1CCN(Cc2ccc(N=C(c3cccc(CCC(=O)O)c3)c3c(O)[nH]c4cc(Br)ccc34)cc2)CC1. The number of carboxylic acid groups (broad SMARTS) is 1. The van der Waals surface area contributed by atoms with Crippen molar-refractivity contribution in [1.29, 1.82) is 0 Å². The van der Waals surface area contributed by atoms with Gasteiger partial charge < -0.3 is 20.1 Å². The lowest BCUT2D eigenvalue weighted by molar-refractivity contribution is -0.136. The van der Waals surface area contributed by atoms with E-state index in [2.05, 4.69) is 49.9 Å². The number of nitrogens with zero attached hydrogens (tertiary/aromatic N) is 3. The zero-order valence-corrected chi connectivity index (χ0v) is 22.9. The molecule has 0 atom stereocenters. The molecule has 1 aliphatic heterocycles. The first-order valence-electron chi connectivity index (χ1n) is 12.8. The second-order valence-corrected chi connectivity index (χ2v) is 10.8. The number of hydrogen-bond acceptors (Lipinski definition) is 5. The van der Waals surface area contributed by atoms with Gasteiger partial charge in [-0.3, -0.25) is 9.69 Å². The highest BCUT2D eigenvalue weighted by molar-refractivity contribution is 9.10. The Morgan fingerprint density at radius 1 is 1.00 bits per heavy atom. The molecule has 196 valence electrons. The molecule has 0 bridgehead atoms. The summed E-state index contributed by atoms with van der Waals surface area (Å²) in [5, 5.41) is 21.0. The summed E-state index contributed by atoms with van der Waals surface area (Å²) in [5.41, 5.74) is 5.78. The Labute approximate surface area is 230 Å². The van der Waals surface area contributed by atoms with Gasteiger partial charge in [0.15, 0.2) is 5.88 Å². The number of fused-ring (bicyclic) bond motifs is 1. The smallest absolute Gasteiger partial charge is 0.303 e. The monoisotopic (exact) mass is 574 g/mol. The molecule has 3 N–H and O–H groups in total. The quantitative estimate of drug-likeness (QED) is 0.239. The van der Waals surface area contributed by atoms with Crippen LogP contribution in [0.4, 0.5) is 5.69 Å². The first-order chi connectivity index (χ1) is 18.4. The van der Waals surface area contributed by atoms with Gasteiger partial charge in [-0.15, -0.1) is 0 Å². The number of aryl methyl sites for hydroxylation is 1. The molecular formula is C30H31BrN4O3. The predicted octanol–water partition coefficient (Wildman–Crippen LogP) is 5.57. The summed E-state index contributed by atoms with van der Waals surface area (Å²) in [4.78, 5) is 24.1. The summed E-state index contributed by atoms with van der Waals surface area (Å²) in [5.74, 6) is -0.791. The molecule has 0 unspecified atom stereocenters. The van der Waals surface area contributed by atoms with Gasteiger partial charge in [-0.05, 0) is 54.9 Å². The zero-order valence-electron chi connectivity index (χ0n) is 21.3. The minimum absolute atomic E-state index is 0.0412. The number of aliphatic carboxylic acids is 1. The van der Waals surface area contributed by atoms with Gasteiger partial charge in [0.25, 0.3) is 0 Å². The van der Waals surface area contributed by atoms with Crippen molar-refractivity contribution in [3.8, 4) is 5.88 Å². The third-order valence-electron chi connectivity index (χ3n) is 6.98. The minimum atomic E-state index is -0.833. The number of halogens is 1. The lowest BCUT2D eigenvalue weighted by atomic mass is 9.97. The molecule has 1 aliphatic rings. The van der Waals surface area contributed by atoms with Crippen LogP contribution in [0.5, 0.6) is 5.88 Å². The molecule has 0 saturated carbocycles. The molecule has 4 aromatic rings. The summed E-state index contributed by atoms with van der Waals surface area (Å²) in [6, 6.07) is 21.8. The molecule has 1 aromatic heterocycles. The highest BCUT2D eigenvalue weighted by Gasteiger charge is 2.20. The minimum Gasteiger partial charge on any atom is -0.494 e. The number of aromatic amines is 1. The van der Waals surface area contributed by atoms with Crippen molar-refractivity contribution < 1.29 is 15.0 Å². The van der Waals surface area contributed by atoms with E-state index in [1.54, 1.807) is 0 Å². The van der Waals surface area contributed by atoms with E-state index in [9.17, 15) is 9.90 Å². The van der Waals surface area contributed by atoms with E-state index in [0.717, 1.165) is 64.9 Å². The van der Waals surface area contributed by atoms with E-state index in [4.69, 9.17) is 10.1 Å². The van der Waals surface area contributed by atoms with Crippen molar-refractivity contribution in [1.82, 2.24) is 14.8 Å². The molecule has 8 heteroatoms. The zero-order chi connectivity index (χ0) is 26.6. The molecule has 7 nitrogen and oxygen atoms in total. The van der Waals surface area contributed by atoms with E-state index < -0.39 is 5.97 Å². The van der Waals surface area contributed by atoms with E-state index in [0.29, 0.717) is 17.7 Å². The molecule has 0 aliphatic carbocycles. The fraction of sp³-hybridized carbons (Fsp3) is 0.267. The number of benzene rings is 3. The first kappa shape index (κ1) is 26.2. The lowest BCUT2D eigenvalue weighted by Crippen LogP contribution is -2.43. The Morgan fingerprint density at radius 3 is 2.50 bits per heavy atom. The van der Waals surface area contributed by atoms with Crippen molar-refractivity contribution in [2.45, 2.75) is 19.4 Å². The largest absolute Gasteiger partial charge is 0.494 e. The third-order valence-corrected chi connectivity index (χ3v) is 7.48. The van der Waals surface area contributed by atoms with Crippen LogP contribution < -0.4 is 0 Å². The Kier molecular flexibility index (Phi) is 7.93. The Bertz CT molecular complexity index is 1470. The van der Waals surface area contributed by atoms with Crippen molar-refractivity contribution in [2.75, 3.05) is 33.2 Å². The van der Waals surface area contributed by atoms with Gasteiger partial charge in [0, 0.05) is 54.6 Å². The first-order valence-corrected chi connectivity index (χ1v) is 13.6. The average molecular weight is 576 g/mol. The number of rotatable bonds is 8. The van der Waals surface area contributed by atoms with Gasteiger partial charge >= 0.3 is 5.97 Å². The van der Waals surface area contributed by atoms with Gasteiger partial charge in [-0.1, -0.05) is 52.3 Å². The number of H-pyrrole nitrogens is 1. The van der Waals surface area contributed by atoms with Gasteiger partial charge in [0.2, 0.25) is 0 Å². The van der Waals surface area contributed by atoms with Crippen LogP contribution in [0, 0.1) is 0 Å². The summed E-state index contributed by atoms with van der Waals surface area (Å²) >= 11 is 3.50. The van der Waals surface area contributed by atoms with E-state index in [-0.39, 0.29) is 12.3 Å². The highest BCUT2D eigenvalue weighted by atomic mass is 79.9. The number of hydrogen-bond donors (Lipinski definition) is 3. The average Bonchev–Trinajstić information content (AvgIpc) is 3.23. The standard InChI is InChI=1S/C30H31BrN4O3/c1-34-13-15-35(16-14-34)19-21-5-9-24(10-6-21)32-29(22-4-2-3-20(17-22)7-12-27(36)37)28-25-11-8-23(31)18-26(25)33-30(28)38/h2-6,8-11,17-18,33,38H,7,12-16,19H2,1H3,(H,36,37). The fourth-order valence-electron chi connectivity index (χ4n) is 4.85. The Morgan fingerprint density at radius 2 is 1.76 bits per heavy atom. The molecule has 2 heterocycles. The molecule has 5 rings (SSSR count). The molecule has 1 saturated heterocycles. The number of piperazine rings is 1. The number of aromatic nitrogens is 1. The van der Waals surface area contributed by atoms with Gasteiger partial charge in [-0.25, -0.2) is 4.99 Å². The molecule has 3 aromatic carbocycles. The summed E-state index contributed by atoms with van der Waals surface area (Å²) in [6.45, 7) is 5.21. The Hall–Kier alpha value is -3.46. The topological polar surface area (TPSA) is 92.2 Å². The van der Waals surface area contributed by atoms with Gasteiger partial charge in [0.05, 0.1) is 22.5 Å². The predicted molar refractivity (Wildman–Crippen MR) is 155 cm³/mol. The van der Waals surface area contributed by atoms with Crippen LogP contribution >= 0.6 is 15.9 Å². The maximum atomic E-state index is 11.1. The maximum Gasteiger partial charge on any atom is 0.303 e. The summed E-state index contributed by atoms with van der Waals surface area (Å²) < 4.78 is 0.905. The Balaban J connectivity index is 1.52. The number of nitrogens with one attached hydrogen (secondary N) is 1. The second kappa shape index (κ2) is 11.5. The maximum absolute atomic E-state index is 11.1. The van der Waals surface area contributed by atoms with Crippen LogP contribution in [0.15, 0.2) is 76.2 Å². The van der Waals surface area contributed by atoms with E-state index in [1.807, 2.05) is 54.6 Å². The van der Waals surface area contributed by atoms with Crippen LogP contribution in [0.2, 0.25) is 0 Å². The van der Waals surface area contributed by atoms with Crippen LogP contribution in [0.3, 0.4) is 0 Å². The van der Waals surface area contributed by atoms with Gasteiger partial charge in [0.1, 0.15) is 0 Å².